The summed E-state index contributed by atoms with van der Waals surface area (Å²) in [7, 11) is 0. The number of nitrogens with zero attached hydrogens (tertiary/aromatic N) is 1. The Morgan fingerprint density at radius 2 is 1.91 bits per heavy atom. The summed E-state index contributed by atoms with van der Waals surface area (Å²) < 4.78 is 0. The quantitative estimate of drug-likeness (QED) is 0.486. The van der Waals surface area contributed by atoms with E-state index in [9.17, 15) is 9.59 Å². The van der Waals surface area contributed by atoms with Crippen LogP contribution >= 0.6 is 0 Å². The molecule has 0 unspecified atom stereocenters. The first-order valence-corrected chi connectivity index (χ1v) is 7.19. The number of allylic oxidation sites excluding steroid dienone is 4. The van der Waals surface area contributed by atoms with Gasteiger partial charge in [0.25, 0.3) is 0 Å². The molecule has 114 valence electrons. The molecular formula is C18H19NO3. The van der Waals surface area contributed by atoms with E-state index in [1.165, 1.54) is 0 Å². The molecule has 0 fully saturated rings. The molecule has 0 amide bonds. The number of aryl methyl sites for hydroxylation is 1. The minimum absolute atomic E-state index is 0.0346. The van der Waals surface area contributed by atoms with Crippen molar-refractivity contribution in [2.24, 2.45) is 11.1 Å². The summed E-state index contributed by atoms with van der Waals surface area (Å²) in [5.41, 5.74) is 3.30. The number of ketones is 1. The van der Waals surface area contributed by atoms with Crippen LogP contribution in [0.1, 0.15) is 36.7 Å². The topological polar surface area (TPSA) is 55.7 Å². The van der Waals surface area contributed by atoms with Gasteiger partial charge in [-0.2, -0.15) is 0 Å². The summed E-state index contributed by atoms with van der Waals surface area (Å²) in [5, 5.41) is 3.95. The third-order valence-electron chi connectivity index (χ3n) is 3.43. The molecule has 2 rings (SSSR count). The standard InChI is InChI=1S/C18H19NO3/c1-11(2)15-10-17(20)13(4)9-16(15)19-22-18(21)14-7-5-6-12(3)8-14/h5-11H,1-4H3/b19-16+. The average Bonchev–Trinajstić information content (AvgIpc) is 2.47. The summed E-state index contributed by atoms with van der Waals surface area (Å²) in [6.07, 6.45) is 3.21. The Bertz CT molecular complexity index is 709. The van der Waals surface area contributed by atoms with Gasteiger partial charge in [-0.3, -0.25) is 4.79 Å². The van der Waals surface area contributed by atoms with E-state index in [0.717, 1.165) is 11.1 Å². The lowest BCUT2D eigenvalue weighted by atomic mass is 9.90. The number of hydrogen-bond acceptors (Lipinski definition) is 4. The van der Waals surface area contributed by atoms with E-state index < -0.39 is 5.97 Å². The Balaban J connectivity index is 2.23. The summed E-state index contributed by atoms with van der Waals surface area (Å²) in [5.74, 6) is -0.431. The Hall–Kier alpha value is -2.49. The Labute approximate surface area is 130 Å². The van der Waals surface area contributed by atoms with Gasteiger partial charge in [0.2, 0.25) is 0 Å². The third kappa shape index (κ3) is 3.58. The van der Waals surface area contributed by atoms with Gasteiger partial charge in [0.05, 0.1) is 5.56 Å². The average molecular weight is 297 g/mol. The molecule has 1 aromatic rings. The van der Waals surface area contributed by atoms with Gasteiger partial charge in [-0.25, -0.2) is 4.79 Å². The molecule has 0 saturated heterocycles. The van der Waals surface area contributed by atoms with E-state index >= 15 is 0 Å². The second-order valence-electron chi connectivity index (χ2n) is 5.67. The molecule has 0 aliphatic heterocycles. The fourth-order valence-corrected chi connectivity index (χ4v) is 2.15. The van der Waals surface area contributed by atoms with Gasteiger partial charge >= 0.3 is 5.97 Å². The number of carbonyl (C=O) groups is 2. The highest BCUT2D eigenvalue weighted by Crippen LogP contribution is 2.20. The lowest BCUT2D eigenvalue weighted by Crippen LogP contribution is -2.16. The van der Waals surface area contributed by atoms with Gasteiger partial charge in [0, 0.05) is 0 Å². The van der Waals surface area contributed by atoms with Crippen molar-refractivity contribution in [3.05, 3.63) is 58.7 Å². The summed E-state index contributed by atoms with van der Waals surface area (Å²) >= 11 is 0. The van der Waals surface area contributed by atoms with Crippen molar-refractivity contribution >= 4 is 17.5 Å². The van der Waals surface area contributed by atoms with Crippen molar-refractivity contribution in [1.29, 1.82) is 0 Å². The van der Waals surface area contributed by atoms with E-state index in [2.05, 4.69) is 5.16 Å². The molecule has 1 aliphatic carbocycles. The SMILES string of the molecule is CC1=C/C(=N\OC(=O)c2cccc(C)c2)C(C(C)C)=CC1=O. The van der Waals surface area contributed by atoms with Crippen LogP contribution in [0.4, 0.5) is 0 Å². The van der Waals surface area contributed by atoms with Crippen LogP contribution < -0.4 is 0 Å². The molecule has 0 aromatic heterocycles. The van der Waals surface area contributed by atoms with Crippen LogP contribution in [-0.2, 0) is 9.63 Å². The minimum Gasteiger partial charge on any atom is -0.312 e. The Morgan fingerprint density at radius 1 is 1.18 bits per heavy atom. The molecule has 0 N–H and O–H groups in total. The van der Waals surface area contributed by atoms with Crippen molar-refractivity contribution in [1.82, 2.24) is 0 Å². The fraction of sp³-hybridized carbons (Fsp3) is 0.278. The summed E-state index contributed by atoms with van der Waals surface area (Å²) in [6, 6.07) is 7.12. The molecule has 0 heterocycles. The maximum Gasteiger partial charge on any atom is 0.365 e. The second kappa shape index (κ2) is 6.52. The maximum absolute atomic E-state index is 12.0. The molecule has 4 nitrogen and oxygen atoms in total. The first kappa shape index (κ1) is 15.9. The predicted molar refractivity (Wildman–Crippen MR) is 85.7 cm³/mol. The van der Waals surface area contributed by atoms with Crippen LogP contribution in [0.5, 0.6) is 0 Å². The van der Waals surface area contributed by atoms with Crippen molar-refractivity contribution in [3.63, 3.8) is 0 Å². The van der Waals surface area contributed by atoms with Crippen molar-refractivity contribution in [3.8, 4) is 0 Å². The number of oxime groups is 1. The van der Waals surface area contributed by atoms with Crippen molar-refractivity contribution in [2.75, 3.05) is 0 Å². The van der Waals surface area contributed by atoms with Crippen LogP contribution in [0.25, 0.3) is 0 Å². The van der Waals surface area contributed by atoms with E-state index in [1.54, 1.807) is 37.3 Å². The number of hydrogen-bond donors (Lipinski definition) is 0. The molecule has 22 heavy (non-hydrogen) atoms. The van der Waals surface area contributed by atoms with Crippen LogP contribution in [0, 0.1) is 12.8 Å². The van der Waals surface area contributed by atoms with Crippen LogP contribution in [0.3, 0.4) is 0 Å². The molecule has 0 spiro atoms. The zero-order valence-electron chi connectivity index (χ0n) is 13.2. The first-order valence-electron chi connectivity index (χ1n) is 7.19. The van der Waals surface area contributed by atoms with Crippen molar-refractivity contribution < 1.29 is 14.4 Å². The smallest absolute Gasteiger partial charge is 0.312 e. The number of carbonyl (C=O) groups excluding carboxylic acids is 2. The molecule has 1 aliphatic rings. The summed E-state index contributed by atoms with van der Waals surface area (Å²) in [6.45, 7) is 7.55. The number of benzene rings is 1. The molecule has 4 heteroatoms. The highest BCUT2D eigenvalue weighted by atomic mass is 16.7. The van der Waals surface area contributed by atoms with E-state index in [4.69, 9.17) is 4.84 Å². The molecule has 1 aromatic carbocycles. The molecule has 0 bridgehead atoms. The molecule has 0 radical (unpaired) electrons. The van der Waals surface area contributed by atoms with E-state index in [0.29, 0.717) is 16.8 Å². The van der Waals surface area contributed by atoms with Crippen LogP contribution in [0.2, 0.25) is 0 Å². The van der Waals surface area contributed by atoms with Crippen LogP contribution in [-0.4, -0.2) is 17.5 Å². The van der Waals surface area contributed by atoms with Gasteiger partial charge in [0.15, 0.2) is 5.78 Å². The van der Waals surface area contributed by atoms with Gasteiger partial charge in [-0.05, 0) is 55.2 Å². The van der Waals surface area contributed by atoms with Gasteiger partial charge in [-0.1, -0.05) is 36.7 Å². The van der Waals surface area contributed by atoms with Crippen molar-refractivity contribution in [2.45, 2.75) is 27.7 Å². The molecular weight excluding hydrogens is 278 g/mol. The van der Waals surface area contributed by atoms with E-state index in [1.807, 2.05) is 26.8 Å². The van der Waals surface area contributed by atoms with Gasteiger partial charge in [0.1, 0.15) is 5.71 Å². The Kier molecular flexibility index (Phi) is 4.71. The largest absolute Gasteiger partial charge is 0.365 e. The first-order chi connectivity index (χ1) is 10.4. The Morgan fingerprint density at radius 3 is 2.55 bits per heavy atom. The zero-order chi connectivity index (χ0) is 16.3. The van der Waals surface area contributed by atoms with Gasteiger partial charge in [-0.15, -0.1) is 0 Å². The van der Waals surface area contributed by atoms with Crippen LogP contribution in [0.15, 0.2) is 52.7 Å². The lowest BCUT2D eigenvalue weighted by Gasteiger charge is -2.15. The zero-order valence-corrected chi connectivity index (χ0v) is 13.2. The van der Waals surface area contributed by atoms with E-state index in [-0.39, 0.29) is 11.7 Å². The lowest BCUT2D eigenvalue weighted by molar-refractivity contribution is -0.111. The minimum atomic E-state index is -0.512. The highest BCUT2D eigenvalue weighted by Gasteiger charge is 2.19. The summed E-state index contributed by atoms with van der Waals surface area (Å²) in [4.78, 5) is 28.8. The van der Waals surface area contributed by atoms with Gasteiger partial charge < -0.3 is 4.84 Å². The second-order valence-corrected chi connectivity index (χ2v) is 5.67. The normalized spacial score (nSPS) is 16.6. The predicted octanol–water partition coefficient (Wildman–Crippen LogP) is 3.62. The highest BCUT2D eigenvalue weighted by molar-refractivity contribution is 6.21. The molecule has 0 saturated carbocycles. The number of rotatable bonds is 3. The molecule has 0 atom stereocenters. The maximum atomic E-state index is 12.0. The third-order valence-corrected chi connectivity index (χ3v) is 3.43. The fourth-order valence-electron chi connectivity index (χ4n) is 2.15. The monoisotopic (exact) mass is 297 g/mol.